The molecule has 1 unspecified atom stereocenters. The molecule has 2 aromatic carbocycles. The smallest absolute Gasteiger partial charge is 0.326 e. The third kappa shape index (κ3) is 6.23. The second-order valence-corrected chi connectivity index (χ2v) is 7.76. The second kappa shape index (κ2) is 11.7. The minimum absolute atomic E-state index is 0.132. The van der Waals surface area contributed by atoms with Crippen molar-refractivity contribution in [3.63, 3.8) is 0 Å². The van der Waals surface area contributed by atoms with E-state index in [1.54, 1.807) is 24.3 Å². The molecule has 1 amide bonds. The molecule has 1 aromatic heterocycles. The first kappa shape index (κ1) is 26.7. The Morgan fingerprint density at radius 2 is 1.92 bits per heavy atom. The lowest BCUT2D eigenvalue weighted by Crippen LogP contribution is -2.41. The maximum atomic E-state index is 15.5. The number of aliphatic carboxylic acids is 2. The SMILES string of the molecule is COc1c(F)c(N(CC#N)Cc2cnc3ccccc3n2)cc(F)c1C(=O)NC(CCC(=O)O)C(=O)O. The number of nitrogens with one attached hydrogen (secondary N) is 1. The zero-order chi connectivity index (χ0) is 27.1. The van der Waals surface area contributed by atoms with Crippen molar-refractivity contribution >= 4 is 34.6 Å². The second-order valence-electron chi connectivity index (χ2n) is 7.76. The Balaban J connectivity index is 1.96. The lowest BCUT2D eigenvalue weighted by Gasteiger charge is -2.24. The van der Waals surface area contributed by atoms with Gasteiger partial charge in [0.15, 0.2) is 11.6 Å². The van der Waals surface area contributed by atoms with Crippen LogP contribution in [0.25, 0.3) is 11.0 Å². The Morgan fingerprint density at radius 3 is 2.54 bits per heavy atom. The fourth-order valence-corrected chi connectivity index (χ4v) is 3.56. The molecule has 11 nitrogen and oxygen atoms in total. The number of benzene rings is 2. The minimum Gasteiger partial charge on any atom is -0.493 e. The van der Waals surface area contributed by atoms with Crippen LogP contribution in [0.15, 0.2) is 36.5 Å². The summed E-state index contributed by atoms with van der Waals surface area (Å²) in [5.74, 6) is -7.40. The van der Waals surface area contributed by atoms with Gasteiger partial charge >= 0.3 is 11.9 Å². The molecule has 1 heterocycles. The van der Waals surface area contributed by atoms with Gasteiger partial charge < -0.3 is 25.2 Å². The number of hydrogen-bond acceptors (Lipinski definition) is 8. The number of ether oxygens (including phenoxy) is 1. The van der Waals surface area contributed by atoms with Crippen molar-refractivity contribution in [2.24, 2.45) is 0 Å². The summed E-state index contributed by atoms with van der Waals surface area (Å²) < 4.78 is 35.6. The molecular formula is C24H21F2N5O6. The number of aromatic nitrogens is 2. The van der Waals surface area contributed by atoms with Crippen LogP contribution in [-0.4, -0.2) is 57.7 Å². The fourth-order valence-electron chi connectivity index (χ4n) is 3.56. The number of nitrogens with zero attached hydrogens (tertiary/aromatic N) is 4. The van der Waals surface area contributed by atoms with Gasteiger partial charge in [0.2, 0.25) is 0 Å². The van der Waals surface area contributed by atoms with Gasteiger partial charge in [-0.2, -0.15) is 5.26 Å². The van der Waals surface area contributed by atoms with Gasteiger partial charge in [0.1, 0.15) is 24.0 Å². The summed E-state index contributed by atoms with van der Waals surface area (Å²) in [4.78, 5) is 44.7. The molecule has 0 radical (unpaired) electrons. The molecule has 0 saturated heterocycles. The van der Waals surface area contributed by atoms with Gasteiger partial charge in [-0.3, -0.25) is 14.6 Å². The number of hydrogen-bond donors (Lipinski definition) is 3. The summed E-state index contributed by atoms with van der Waals surface area (Å²) in [5.41, 5.74) is 0.229. The Kier molecular flexibility index (Phi) is 8.47. The number of carbonyl (C=O) groups excluding carboxylic acids is 1. The number of carboxylic acid groups (broad SMARTS) is 2. The standard InChI is InChI=1S/C24H21F2N5O6/c1-37-22-20(23(34)30-17(24(35)36)6-7-19(32)33)14(25)10-18(21(22)26)31(9-8-27)12-13-11-28-15-4-2-3-5-16(15)29-13/h2-5,10-11,17H,6-7,9,12H2,1H3,(H,30,34)(H,32,33)(H,35,36). The first-order chi connectivity index (χ1) is 17.7. The van der Waals surface area contributed by atoms with E-state index in [1.165, 1.54) is 11.1 Å². The highest BCUT2D eigenvalue weighted by Crippen LogP contribution is 2.34. The molecule has 0 aliphatic carbocycles. The first-order valence-corrected chi connectivity index (χ1v) is 10.8. The summed E-state index contributed by atoms with van der Waals surface area (Å²) >= 11 is 0. The number of nitriles is 1. The molecule has 1 atom stereocenters. The number of halogens is 2. The minimum atomic E-state index is -1.67. The number of carboxylic acids is 2. The average Bonchev–Trinajstić information content (AvgIpc) is 2.86. The van der Waals surface area contributed by atoms with Crippen molar-refractivity contribution in [1.82, 2.24) is 15.3 Å². The average molecular weight is 513 g/mol. The van der Waals surface area contributed by atoms with Gasteiger partial charge in [0.05, 0.1) is 48.3 Å². The Morgan fingerprint density at radius 1 is 1.22 bits per heavy atom. The maximum Gasteiger partial charge on any atom is 0.326 e. The molecular weight excluding hydrogens is 492 g/mol. The third-order valence-corrected chi connectivity index (χ3v) is 5.29. The van der Waals surface area contributed by atoms with Gasteiger partial charge in [0, 0.05) is 12.5 Å². The lowest BCUT2D eigenvalue weighted by molar-refractivity contribution is -0.140. The predicted octanol–water partition coefficient (Wildman–Crippen LogP) is 2.49. The van der Waals surface area contributed by atoms with Crippen LogP contribution in [0, 0.1) is 23.0 Å². The van der Waals surface area contributed by atoms with E-state index in [9.17, 15) is 24.8 Å². The van der Waals surface area contributed by atoms with Gasteiger partial charge in [-0.15, -0.1) is 0 Å². The van der Waals surface area contributed by atoms with Crippen molar-refractivity contribution < 1.29 is 38.1 Å². The number of para-hydroxylation sites is 2. The Labute approximate surface area is 208 Å². The maximum absolute atomic E-state index is 15.5. The molecule has 3 aromatic rings. The van der Waals surface area contributed by atoms with Crippen molar-refractivity contribution in [1.29, 1.82) is 5.26 Å². The fraction of sp³-hybridized carbons (Fsp3) is 0.250. The molecule has 37 heavy (non-hydrogen) atoms. The van der Waals surface area contributed by atoms with E-state index in [2.05, 4.69) is 9.97 Å². The number of anilines is 1. The zero-order valence-corrected chi connectivity index (χ0v) is 19.4. The molecule has 0 aliphatic rings. The van der Waals surface area contributed by atoms with Crippen LogP contribution in [0.1, 0.15) is 28.9 Å². The first-order valence-electron chi connectivity index (χ1n) is 10.8. The van der Waals surface area contributed by atoms with E-state index in [0.717, 1.165) is 7.11 Å². The van der Waals surface area contributed by atoms with Crippen LogP contribution in [0.3, 0.4) is 0 Å². The Bertz CT molecular complexity index is 1390. The van der Waals surface area contributed by atoms with Gasteiger partial charge in [0.25, 0.3) is 5.91 Å². The van der Waals surface area contributed by atoms with Crippen molar-refractivity contribution in [2.75, 3.05) is 18.6 Å². The molecule has 13 heteroatoms. The van der Waals surface area contributed by atoms with Crippen LogP contribution in [-0.2, 0) is 16.1 Å². The predicted molar refractivity (Wildman–Crippen MR) is 125 cm³/mol. The van der Waals surface area contributed by atoms with Crippen LogP contribution < -0.4 is 15.0 Å². The van der Waals surface area contributed by atoms with Crippen LogP contribution >= 0.6 is 0 Å². The molecule has 0 spiro atoms. The normalized spacial score (nSPS) is 11.4. The molecule has 3 rings (SSSR count). The van der Waals surface area contributed by atoms with Crippen molar-refractivity contribution in [3.8, 4) is 11.8 Å². The molecule has 0 bridgehead atoms. The summed E-state index contributed by atoms with van der Waals surface area (Å²) in [6, 6.07) is 7.89. The van der Waals surface area contributed by atoms with E-state index >= 15 is 8.78 Å². The van der Waals surface area contributed by atoms with E-state index in [1.807, 2.05) is 11.4 Å². The number of fused-ring (bicyclic) bond motifs is 1. The summed E-state index contributed by atoms with van der Waals surface area (Å²) in [5, 5.41) is 29.3. The zero-order valence-electron chi connectivity index (χ0n) is 19.4. The number of rotatable bonds is 11. The highest BCUT2D eigenvalue weighted by Gasteiger charge is 2.30. The lowest BCUT2D eigenvalue weighted by atomic mass is 10.1. The summed E-state index contributed by atoms with van der Waals surface area (Å²) in [7, 11) is 0.987. The third-order valence-electron chi connectivity index (χ3n) is 5.29. The highest BCUT2D eigenvalue weighted by molar-refractivity contribution is 6.00. The number of carbonyl (C=O) groups is 3. The van der Waals surface area contributed by atoms with Gasteiger partial charge in [-0.1, -0.05) is 12.1 Å². The molecule has 3 N–H and O–H groups in total. The van der Waals surface area contributed by atoms with Crippen LogP contribution in [0.5, 0.6) is 5.75 Å². The topological polar surface area (TPSA) is 166 Å². The Hall–Kier alpha value is -4.86. The summed E-state index contributed by atoms with van der Waals surface area (Å²) in [6.07, 6.45) is 0.373. The van der Waals surface area contributed by atoms with Gasteiger partial charge in [-0.25, -0.2) is 18.6 Å². The van der Waals surface area contributed by atoms with Crippen LogP contribution in [0.4, 0.5) is 14.5 Å². The van der Waals surface area contributed by atoms with E-state index in [0.29, 0.717) is 22.8 Å². The molecule has 192 valence electrons. The van der Waals surface area contributed by atoms with E-state index in [4.69, 9.17) is 9.84 Å². The molecule has 0 aliphatic heterocycles. The van der Waals surface area contributed by atoms with Gasteiger partial charge in [-0.05, 0) is 18.6 Å². The van der Waals surface area contributed by atoms with Crippen LogP contribution in [0.2, 0.25) is 0 Å². The largest absolute Gasteiger partial charge is 0.493 e. The molecule has 0 fully saturated rings. The summed E-state index contributed by atoms with van der Waals surface area (Å²) in [6.45, 7) is -0.511. The van der Waals surface area contributed by atoms with Crippen molar-refractivity contribution in [2.45, 2.75) is 25.4 Å². The highest BCUT2D eigenvalue weighted by atomic mass is 19.1. The molecule has 0 saturated carbocycles. The monoisotopic (exact) mass is 513 g/mol. The van der Waals surface area contributed by atoms with E-state index < -0.39 is 65.4 Å². The van der Waals surface area contributed by atoms with Crippen molar-refractivity contribution in [3.05, 3.63) is 59.4 Å². The quantitative estimate of drug-likeness (QED) is 0.324. The van der Waals surface area contributed by atoms with E-state index in [-0.39, 0.29) is 13.1 Å². The number of methoxy groups -OCH3 is 1. The number of amides is 1.